The van der Waals surface area contributed by atoms with Gasteiger partial charge in [0.25, 0.3) is 0 Å². The monoisotopic (exact) mass is 285 g/mol. The molecule has 0 fully saturated rings. The van der Waals surface area contributed by atoms with E-state index in [9.17, 15) is 9.59 Å². The molecule has 2 N–H and O–H groups in total. The summed E-state index contributed by atoms with van der Waals surface area (Å²) in [5, 5.41) is 12.0. The van der Waals surface area contributed by atoms with Crippen LogP contribution in [0.1, 0.15) is 30.8 Å². The number of anilines is 1. The van der Waals surface area contributed by atoms with E-state index in [4.69, 9.17) is 5.11 Å². The number of hydrogen-bond donors (Lipinski definition) is 2. The molecule has 0 radical (unpaired) electrons. The van der Waals surface area contributed by atoms with Crippen molar-refractivity contribution >= 4 is 28.5 Å². The number of aromatic nitrogens is 1. The topological polar surface area (TPSA) is 82.5 Å². The van der Waals surface area contributed by atoms with Crippen LogP contribution in [0.25, 0.3) is 0 Å². The standard InChI is InChI=1S/C12H19N3O3S/c1-5-15(7(2)6-10(16)17)12(18)14-11-13-8(3)9(4)19-11/h7H,5-6H2,1-4H3,(H,16,17)(H,13,14,18). The predicted molar refractivity (Wildman–Crippen MR) is 74.7 cm³/mol. The fourth-order valence-electron chi connectivity index (χ4n) is 1.71. The Labute approximate surface area is 116 Å². The molecule has 2 amide bonds. The first kappa shape index (κ1) is 15.4. The maximum absolute atomic E-state index is 12.1. The minimum atomic E-state index is -0.917. The van der Waals surface area contributed by atoms with Crippen molar-refractivity contribution in [2.24, 2.45) is 0 Å². The Morgan fingerprint density at radius 1 is 1.47 bits per heavy atom. The summed E-state index contributed by atoms with van der Waals surface area (Å²) in [6.45, 7) is 7.80. The van der Waals surface area contributed by atoms with Gasteiger partial charge in [-0.15, -0.1) is 11.3 Å². The van der Waals surface area contributed by atoms with Crippen molar-refractivity contribution in [1.29, 1.82) is 0 Å². The van der Waals surface area contributed by atoms with E-state index in [1.165, 1.54) is 16.2 Å². The fourth-order valence-corrected chi connectivity index (χ4v) is 2.51. The van der Waals surface area contributed by atoms with Gasteiger partial charge in [-0.25, -0.2) is 9.78 Å². The van der Waals surface area contributed by atoms with Crippen LogP contribution < -0.4 is 5.32 Å². The van der Waals surface area contributed by atoms with E-state index in [1.807, 2.05) is 20.8 Å². The smallest absolute Gasteiger partial charge is 0.323 e. The minimum Gasteiger partial charge on any atom is -0.481 e. The Bertz CT molecular complexity index is 453. The number of nitrogens with zero attached hydrogens (tertiary/aromatic N) is 2. The highest BCUT2D eigenvalue weighted by Gasteiger charge is 2.21. The number of carboxylic acids is 1. The number of hydrogen-bond acceptors (Lipinski definition) is 4. The summed E-state index contributed by atoms with van der Waals surface area (Å²) in [7, 11) is 0. The lowest BCUT2D eigenvalue weighted by Crippen LogP contribution is -2.42. The zero-order chi connectivity index (χ0) is 14.6. The Kier molecular flexibility index (Phi) is 5.29. The van der Waals surface area contributed by atoms with Crippen molar-refractivity contribution in [2.45, 2.75) is 40.2 Å². The van der Waals surface area contributed by atoms with Crippen LogP contribution in [0.4, 0.5) is 9.93 Å². The molecule has 106 valence electrons. The highest BCUT2D eigenvalue weighted by atomic mass is 32.1. The average Bonchev–Trinajstić information content (AvgIpc) is 2.57. The number of carbonyl (C=O) groups excluding carboxylic acids is 1. The van der Waals surface area contributed by atoms with Gasteiger partial charge >= 0.3 is 12.0 Å². The number of urea groups is 1. The maximum Gasteiger partial charge on any atom is 0.323 e. The van der Waals surface area contributed by atoms with Crippen LogP contribution in [0.15, 0.2) is 0 Å². The third kappa shape index (κ3) is 4.20. The maximum atomic E-state index is 12.1. The minimum absolute atomic E-state index is 0.0722. The molecule has 6 nitrogen and oxygen atoms in total. The number of nitrogens with one attached hydrogen (secondary N) is 1. The van der Waals surface area contributed by atoms with Gasteiger partial charge < -0.3 is 10.0 Å². The van der Waals surface area contributed by atoms with Crippen LogP contribution in [0.5, 0.6) is 0 Å². The third-order valence-corrected chi connectivity index (χ3v) is 3.83. The first-order valence-electron chi connectivity index (χ1n) is 6.08. The molecule has 1 atom stereocenters. The van der Waals surface area contributed by atoms with Crippen LogP contribution in [0.2, 0.25) is 0 Å². The Balaban J connectivity index is 2.71. The summed E-state index contributed by atoms with van der Waals surface area (Å²) in [4.78, 5) is 29.5. The molecule has 0 saturated heterocycles. The first-order chi connectivity index (χ1) is 8.85. The molecule has 1 aromatic rings. The second kappa shape index (κ2) is 6.51. The molecule has 19 heavy (non-hydrogen) atoms. The van der Waals surface area contributed by atoms with Crippen LogP contribution in [0.3, 0.4) is 0 Å². The number of rotatable bonds is 5. The normalized spacial score (nSPS) is 12.0. The van der Waals surface area contributed by atoms with Gasteiger partial charge in [0.15, 0.2) is 5.13 Å². The lowest BCUT2D eigenvalue weighted by molar-refractivity contribution is -0.137. The largest absolute Gasteiger partial charge is 0.481 e. The number of carboxylic acid groups (broad SMARTS) is 1. The van der Waals surface area contributed by atoms with Gasteiger partial charge in [-0.05, 0) is 27.7 Å². The average molecular weight is 285 g/mol. The van der Waals surface area contributed by atoms with Gasteiger partial charge in [-0.3, -0.25) is 10.1 Å². The first-order valence-corrected chi connectivity index (χ1v) is 6.90. The Hall–Kier alpha value is -1.63. The molecule has 0 aliphatic carbocycles. The molecule has 1 heterocycles. The van der Waals surface area contributed by atoms with E-state index in [0.29, 0.717) is 11.7 Å². The van der Waals surface area contributed by atoms with Crippen LogP contribution in [-0.4, -0.2) is 39.6 Å². The quantitative estimate of drug-likeness (QED) is 0.870. The van der Waals surface area contributed by atoms with Gasteiger partial charge in [0.2, 0.25) is 0 Å². The molecule has 0 saturated carbocycles. The second-order valence-corrected chi connectivity index (χ2v) is 5.53. The van der Waals surface area contributed by atoms with Gasteiger partial charge in [0.05, 0.1) is 12.1 Å². The summed E-state index contributed by atoms with van der Waals surface area (Å²) in [6.07, 6.45) is -0.0722. The molecule has 0 bridgehead atoms. The van der Waals surface area contributed by atoms with Crippen molar-refractivity contribution in [3.63, 3.8) is 0 Å². The Morgan fingerprint density at radius 2 is 2.11 bits per heavy atom. The molecule has 1 unspecified atom stereocenters. The van der Waals surface area contributed by atoms with Gasteiger partial charge in [-0.2, -0.15) is 0 Å². The van der Waals surface area contributed by atoms with Crippen LogP contribution in [0, 0.1) is 13.8 Å². The number of aliphatic carboxylic acids is 1. The van der Waals surface area contributed by atoms with Crippen molar-refractivity contribution in [3.8, 4) is 0 Å². The van der Waals surface area contributed by atoms with Crippen molar-refractivity contribution in [3.05, 3.63) is 10.6 Å². The number of carbonyl (C=O) groups is 2. The van der Waals surface area contributed by atoms with Gasteiger partial charge in [0.1, 0.15) is 0 Å². The number of amides is 2. The summed E-state index contributed by atoms with van der Waals surface area (Å²) in [6, 6.07) is -0.672. The predicted octanol–water partition coefficient (Wildman–Crippen LogP) is 2.48. The molecular weight excluding hydrogens is 266 g/mol. The lowest BCUT2D eigenvalue weighted by atomic mass is 10.2. The van der Waals surface area contributed by atoms with E-state index in [-0.39, 0.29) is 18.5 Å². The molecular formula is C12H19N3O3S. The highest BCUT2D eigenvalue weighted by Crippen LogP contribution is 2.21. The van der Waals surface area contributed by atoms with E-state index >= 15 is 0 Å². The van der Waals surface area contributed by atoms with E-state index in [0.717, 1.165) is 10.6 Å². The van der Waals surface area contributed by atoms with Crippen LogP contribution >= 0.6 is 11.3 Å². The number of aryl methyl sites for hydroxylation is 2. The molecule has 0 spiro atoms. The highest BCUT2D eigenvalue weighted by molar-refractivity contribution is 7.15. The SMILES string of the molecule is CCN(C(=O)Nc1nc(C)c(C)s1)C(C)CC(=O)O. The third-order valence-electron chi connectivity index (χ3n) is 2.85. The van der Waals surface area contributed by atoms with Crippen molar-refractivity contribution < 1.29 is 14.7 Å². The lowest BCUT2D eigenvalue weighted by Gasteiger charge is -2.26. The molecule has 0 aliphatic heterocycles. The summed E-state index contributed by atoms with van der Waals surface area (Å²) < 4.78 is 0. The summed E-state index contributed by atoms with van der Waals surface area (Å²) in [5.74, 6) is -0.917. The Morgan fingerprint density at radius 3 is 2.53 bits per heavy atom. The zero-order valence-corrected chi connectivity index (χ0v) is 12.4. The molecule has 7 heteroatoms. The van der Waals surface area contributed by atoms with E-state index in [2.05, 4.69) is 10.3 Å². The molecule has 0 aromatic carbocycles. The molecule has 1 rings (SSSR count). The number of thiazole rings is 1. The molecule has 0 aliphatic rings. The van der Waals surface area contributed by atoms with Crippen molar-refractivity contribution in [1.82, 2.24) is 9.88 Å². The van der Waals surface area contributed by atoms with E-state index < -0.39 is 5.97 Å². The van der Waals surface area contributed by atoms with E-state index in [1.54, 1.807) is 6.92 Å². The second-order valence-electron chi connectivity index (χ2n) is 4.32. The summed E-state index contributed by atoms with van der Waals surface area (Å²) >= 11 is 1.41. The van der Waals surface area contributed by atoms with Gasteiger partial charge in [-0.1, -0.05) is 0 Å². The van der Waals surface area contributed by atoms with Crippen molar-refractivity contribution in [2.75, 3.05) is 11.9 Å². The fraction of sp³-hybridized carbons (Fsp3) is 0.583. The van der Waals surface area contributed by atoms with Gasteiger partial charge in [0, 0.05) is 17.5 Å². The molecule has 1 aromatic heterocycles. The summed E-state index contributed by atoms with van der Waals surface area (Å²) in [5.41, 5.74) is 0.891. The zero-order valence-electron chi connectivity index (χ0n) is 11.6. The van der Waals surface area contributed by atoms with Crippen LogP contribution in [-0.2, 0) is 4.79 Å².